The van der Waals surface area contributed by atoms with Gasteiger partial charge in [-0.25, -0.2) is 0 Å². The Morgan fingerprint density at radius 3 is 2.97 bits per heavy atom. The Hall–Kier alpha value is -2.88. The molecule has 1 aliphatic heterocycles. The van der Waals surface area contributed by atoms with E-state index in [-0.39, 0.29) is 24.6 Å². The standard InChI is InChI=1S/C22H25ClN4O5/c1-12-10-27(18(11-31-12)13(2)28)21(29)14-6-17-20(19(7-14)30-3)32-22(26-17)25-9-16-8-15(23)4-5-24-16/h4-8,12-13,18,28H,9-11H2,1-3H3,(H,25,26)/t12?,13-,18-/m1/s1. The third-order valence-electron chi connectivity index (χ3n) is 5.35. The monoisotopic (exact) mass is 460 g/mol. The molecular formula is C22H25ClN4O5. The number of aromatic nitrogens is 2. The molecule has 170 valence electrons. The number of benzene rings is 1. The first-order valence-electron chi connectivity index (χ1n) is 10.3. The summed E-state index contributed by atoms with van der Waals surface area (Å²) in [5, 5.41) is 13.8. The van der Waals surface area contributed by atoms with Crippen molar-refractivity contribution in [1.29, 1.82) is 0 Å². The Morgan fingerprint density at radius 2 is 2.25 bits per heavy atom. The number of methoxy groups -OCH3 is 1. The zero-order valence-corrected chi connectivity index (χ0v) is 18.8. The molecule has 2 N–H and O–H groups in total. The van der Waals surface area contributed by atoms with Crippen molar-refractivity contribution in [2.24, 2.45) is 0 Å². The van der Waals surface area contributed by atoms with Gasteiger partial charge in [-0.15, -0.1) is 0 Å². The fraction of sp³-hybridized carbons (Fsp3) is 0.409. The maximum absolute atomic E-state index is 13.3. The number of rotatable bonds is 6. The molecule has 1 aromatic carbocycles. The first kappa shape index (κ1) is 22.3. The average molecular weight is 461 g/mol. The van der Waals surface area contributed by atoms with Crippen molar-refractivity contribution < 1.29 is 23.8 Å². The van der Waals surface area contributed by atoms with Crippen LogP contribution >= 0.6 is 11.6 Å². The number of pyridine rings is 1. The molecule has 3 heterocycles. The number of hydrogen-bond acceptors (Lipinski definition) is 8. The van der Waals surface area contributed by atoms with Gasteiger partial charge in [0.25, 0.3) is 11.9 Å². The van der Waals surface area contributed by atoms with Gasteiger partial charge in [0.05, 0.1) is 44.2 Å². The van der Waals surface area contributed by atoms with Crippen LogP contribution in [-0.2, 0) is 11.3 Å². The van der Waals surface area contributed by atoms with Crippen LogP contribution in [0.4, 0.5) is 6.01 Å². The van der Waals surface area contributed by atoms with Crippen LogP contribution in [-0.4, -0.2) is 64.4 Å². The summed E-state index contributed by atoms with van der Waals surface area (Å²) in [6.07, 6.45) is 0.779. The van der Waals surface area contributed by atoms with Crippen molar-refractivity contribution in [2.75, 3.05) is 25.6 Å². The van der Waals surface area contributed by atoms with E-state index >= 15 is 0 Å². The highest BCUT2D eigenvalue weighted by molar-refractivity contribution is 6.30. The number of amides is 1. The van der Waals surface area contributed by atoms with Gasteiger partial charge in [-0.2, -0.15) is 4.98 Å². The molecule has 1 unspecified atom stereocenters. The Labute approximate surface area is 190 Å². The maximum atomic E-state index is 13.3. The summed E-state index contributed by atoms with van der Waals surface area (Å²) in [4.78, 5) is 23.7. The molecular weight excluding hydrogens is 436 g/mol. The Balaban J connectivity index is 1.61. The van der Waals surface area contributed by atoms with Crippen molar-refractivity contribution in [3.8, 4) is 5.75 Å². The fourth-order valence-electron chi connectivity index (χ4n) is 3.68. The lowest BCUT2D eigenvalue weighted by Crippen LogP contribution is -2.55. The molecule has 32 heavy (non-hydrogen) atoms. The van der Waals surface area contributed by atoms with E-state index in [0.717, 1.165) is 5.69 Å². The van der Waals surface area contributed by atoms with Gasteiger partial charge in [0.1, 0.15) is 5.52 Å². The lowest BCUT2D eigenvalue weighted by atomic mass is 10.1. The molecule has 3 aromatic rings. The van der Waals surface area contributed by atoms with Crippen LogP contribution in [0.5, 0.6) is 5.75 Å². The van der Waals surface area contributed by atoms with E-state index in [1.54, 1.807) is 42.3 Å². The average Bonchev–Trinajstić information content (AvgIpc) is 3.19. The number of morpholine rings is 1. The van der Waals surface area contributed by atoms with Crippen molar-refractivity contribution in [3.63, 3.8) is 0 Å². The van der Waals surface area contributed by atoms with E-state index in [0.29, 0.717) is 40.5 Å². The molecule has 1 aliphatic rings. The van der Waals surface area contributed by atoms with Crippen LogP contribution in [0.15, 0.2) is 34.9 Å². The largest absolute Gasteiger partial charge is 0.493 e. The number of aliphatic hydroxyl groups excluding tert-OH is 1. The third kappa shape index (κ3) is 4.64. The molecule has 0 saturated carbocycles. The van der Waals surface area contributed by atoms with Crippen LogP contribution in [0.3, 0.4) is 0 Å². The predicted molar refractivity (Wildman–Crippen MR) is 119 cm³/mol. The molecule has 3 atom stereocenters. The third-order valence-corrected chi connectivity index (χ3v) is 5.58. The molecule has 0 spiro atoms. The topological polar surface area (TPSA) is 110 Å². The highest BCUT2D eigenvalue weighted by Crippen LogP contribution is 2.31. The van der Waals surface area contributed by atoms with Gasteiger partial charge in [0, 0.05) is 23.3 Å². The summed E-state index contributed by atoms with van der Waals surface area (Å²) in [5.41, 5.74) is 2.02. The van der Waals surface area contributed by atoms with Crippen LogP contribution < -0.4 is 10.1 Å². The first-order valence-corrected chi connectivity index (χ1v) is 10.7. The summed E-state index contributed by atoms with van der Waals surface area (Å²) in [5.74, 6) is 0.161. The maximum Gasteiger partial charge on any atom is 0.296 e. The predicted octanol–water partition coefficient (Wildman–Crippen LogP) is 3.11. The summed E-state index contributed by atoms with van der Waals surface area (Å²) in [6.45, 7) is 4.57. The SMILES string of the molecule is COc1cc(C(=O)N2CC(C)OC[C@@H]2[C@@H](C)O)cc2nc(NCc3cc(Cl)ccn3)oc12. The number of hydrogen-bond donors (Lipinski definition) is 2. The minimum Gasteiger partial charge on any atom is -0.493 e. The second kappa shape index (κ2) is 9.32. The molecule has 9 nitrogen and oxygen atoms in total. The summed E-state index contributed by atoms with van der Waals surface area (Å²) >= 11 is 6.00. The molecule has 0 radical (unpaired) electrons. The van der Waals surface area contributed by atoms with Gasteiger partial charge in [0.2, 0.25) is 0 Å². The highest BCUT2D eigenvalue weighted by atomic mass is 35.5. The Morgan fingerprint density at radius 1 is 1.44 bits per heavy atom. The second-order valence-electron chi connectivity index (χ2n) is 7.77. The fourth-order valence-corrected chi connectivity index (χ4v) is 3.86. The minimum atomic E-state index is -0.722. The van der Waals surface area contributed by atoms with Crippen LogP contribution in [0.1, 0.15) is 29.9 Å². The molecule has 1 saturated heterocycles. The van der Waals surface area contributed by atoms with Gasteiger partial charge in [-0.05, 0) is 38.1 Å². The minimum absolute atomic E-state index is 0.123. The Bertz CT molecular complexity index is 1120. The van der Waals surface area contributed by atoms with E-state index in [2.05, 4.69) is 15.3 Å². The second-order valence-corrected chi connectivity index (χ2v) is 8.21. The quantitative estimate of drug-likeness (QED) is 0.577. The van der Waals surface area contributed by atoms with E-state index in [4.69, 9.17) is 25.5 Å². The van der Waals surface area contributed by atoms with Crippen LogP contribution in [0, 0.1) is 0 Å². The van der Waals surface area contributed by atoms with Crippen molar-refractivity contribution in [2.45, 2.75) is 38.6 Å². The number of aliphatic hydroxyl groups is 1. The van der Waals surface area contributed by atoms with Crippen molar-refractivity contribution in [3.05, 3.63) is 46.7 Å². The Kier molecular flexibility index (Phi) is 6.50. The number of halogens is 1. The molecule has 1 amide bonds. The van der Waals surface area contributed by atoms with Gasteiger partial charge >= 0.3 is 0 Å². The van der Waals surface area contributed by atoms with E-state index in [9.17, 15) is 9.90 Å². The zero-order chi connectivity index (χ0) is 22.8. The number of nitrogens with one attached hydrogen (secondary N) is 1. The van der Waals surface area contributed by atoms with Crippen molar-refractivity contribution in [1.82, 2.24) is 14.9 Å². The molecule has 4 rings (SSSR count). The van der Waals surface area contributed by atoms with Gasteiger partial charge < -0.3 is 29.2 Å². The summed E-state index contributed by atoms with van der Waals surface area (Å²) in [7, 11) is 1.50. The summed E-state index contributed by atoms with van der Waals surface area (Å²) in [6, 6.07) is 6.57. The van der Waals surface area contributed by atoms with E-state index in [1.165, 1.54) is 7.11 Å². The van der Waals surface area contributed by atoms with E-state index < -0.39 is 12.1 Å². The number of ether oxygens (including phenoxy) is 2. The van der Waals surface area contributed by atoms with Crippen LogP contribution in [0.25, 0.3) is 11.1 Å². The summed E-state index contributed by atoms with van der Waals surface area (Å²) < 4.78 is 16.9. The number of carbonyl (C=O) groups excluding carboxylic acids is 1. The number of fused-ring (bicyclic) bond motifs is 1. The molecule has 0 aliphatic carbocycles. The number of nitrogens with zero attached hydrogens (tertiary/aromatic N) is 3. The lowest BCUT2D eigenvalue weighted by molar-refractivity contribution is -0.0744. The lowest BCUT2D eigenvalue weighted by Gasteiger charge is -2.40. The molecule has 2 aromatic heterocycles. The highest BCUT2D eigenvalue weighted by Gasteiger charge is 2.34. The normalized spacial score (nSPS) is 19.7. The number of carbonyl (C=O) groups is 1. The number of anilines is 1. The van der Waals surface area contributed by atoms with Gasteiger partial charge in [0.15, 0.2) is 11.3 Å². The smallest absolute Gasteiger partial charge is 0.296 e. The van der Waals surface area contributed by atoms with E-state index in [1.807, 2.05) is 6.92 Å². The zero-order valence-electron chi connectivity index (χ0n) is 18.0. The van der Waals surface area contributed by atoms with Gasteiger partial charge in [-0.1, -0.05) is 11.6 Å². The molecule has 0 bridgehead atoms. The first-order chi connectivity index (χ1) is 15.4. The number of oxazole rings is 1. The van der Waals surface area contributed by atoms with Crippen LogP contribution in [0.2, 0.25) is 5.02 Å². The van der Waals surface area contributed by atoms with Crippen molar-refractivity contribution >= 4 is 34.6 Å². The van der Waals surface area contributed by atoms with Gasteiger partial charge in [-0.3, -0.25) is 9.78 Å². The molecule has 1 fully saturated rings. The molecule has 10 heteroatoms.